The highest BCUT2D eigenvalue weighted by molar-refractivity contribution is 6.39. The van der Waals surface area contributed by atoms with Crippen molar-refractivity contribution in [3.05, 3.63) is 28.2 Å². The number of rotatable bonds is 5. The van der Waals surface area contributed by atoms with E-state index < -0.39 is 11.9 Å². The van der Waals surface area contributed by atoms with Crippen LogP contribution in [0, 0.1) is 0 Å². The van der Waals surface area contributed by atoms with Gasteiger partial charge in [-0.2, -0.15) is 5.10 Å². The topological polar surface area (TPSA) is 77.0 Å². The quantitative estimate of drug-likeness (QED) is 0.512. The summed E-state index contributed by atoms with van der Waals surface area (Å²) in [6.45, 7) is 0. The second kappa shape index (κ2) is 7.72. The summed E-state index contributed by atoms with van der Waals surface area (Å²) in [6.07, 6.45) is -0.315. The van der Waals surface area contributed by atoms with Crippen LogP contribution in [0.1, 0.15) is 6.42 Å². The molecule has 20 heavy (non-hydrogen) atoms. The molecule has 0 amide bonds. The van der Waals surface area contributed by atoms with Crippen LogP contribution in [0.3, 0.4) is 0 Å². The Morgan fingerprint density at radius 3 is 2.25 bits per heavy atom. The van der Waals surface area contributed by atoms with Crippen molar-refractivity contribution in [2.75, 3.05) is 19.6 Å². The van der Waals surface area contributed by atoms with E-state index in [-0.39, 0.29) is 12.1 Å². The van der Waals surface area contributed by atoms with Gasteiger partial charge >= 0.3 is 11.9 Å². The number of anilines is 1. The van der Waals surface area contributed by atoms with Crippen LogP contribution in [0.15, 0.2) is 23.3 Å². The SMILES string of the molecule is COC(=O)C/C(=N/Nc1cc(Cl)cc(Cl)c1)C(=O)OC. The number of hydrogen-bond acceptors (Lipinski definition) is 6. The van der Waals surface area contributed by atoms with E-state index in [9.17, 15) is 9.59 Å². The summed E-state index contributed by atoms with van der Waals surface area (Å²) in [5.74, 6) is -1.35. The van der Waals surface area contributed by atoms with Crippen LogP contribution in [0.25, 0.3) is 0 Å². The van der Waals surface area contributed by atoms with Crippen LogP contribution < -0.4 is 5.43 Å². The molecule has 0 aromatic heterocycles. The Labute approximate surface area is 125 Å². The average Bonchev–Trinajstić information content (AvgIpc) is 2.41. The first-order valence-electron chi connectivity index (χ1n) is 5.40. The smallest absolute Gasteiger partial charge is 0.354 e. The molecule has 1 aromatic carbocycles. The van der Waals surface area contributed by atoms with Crippen LogP contribution >= 0.6 is 23.2 Å². The van der Waals surface area contributed by atoms with Crippen LogP contribution in [-0.4, -0.2) is 31.9 Å². The molecule has 0 aliphatic heterocycles. The Morgan fingerprint density at radius 1 is 1.15 bits per heavy atom. The van der Waals surface area contributed by atoms with Crippen LogP contribution in [0.4, 0.5) is 5.69 Å². The van der Waals surface area contributed by atoms with E-state index in [0.29, 0.717) is 15.7 Å². The monoisotopic (exact) mass is 318 g/mol. The van der Waals surface area contributed by atoms with Crippen molar-refractivity contribution in [2.24, 2.45) is 5.10 Å². The fourth-order valence-corrected chi connectivity index (χ4v) is 1.76. The number of nitrogens with zero attached hydrogens (tertiary/aromatic N) is 1. The Kier molecular flexibility index (Phi) is 6.27. The van der Waals surface area contributed by atoms with Crippen LogP contribution in [0.2, 0.25) is 10.0 Å². The maximum atomic E-state index is 11.5. The Bertz CT molecular complexity index is 526. The number of hydrazone groups is 1. The number of methoxy groups -OCH3 is 2. The summed E-state index contributed by atoms with van der Waals surface area (Å²) in [5, 5.41) is 4.62. The van der Waals surface area contributed by atoms with Crippen molar-refractivity contribution in [3.8, 4) is 0 Å². The molecule has 0 bridgehead atoms. The first-order chi connectivity index (χ1) is 9.46. The Balaban J connectivity index is 2.90. The first kappa shape index (κ1) is 16.3. The lowest BCUT2D eigenvalue weighted by molar-refractivity contribution is -0.140. The molecule has 1 aromatic rings. The first-order valence-corrected chi connectivity index (χ1v) is 6.15. The van der Waals surface area contributed by atoms with Crippen molar-refractivity contribution in [2.45, 2.75) is 6.42 Å². The minimum absolute atomic E-state index is 0.129. The van der Waals surface area contributed by atoms with Crippen molar-refractivity contribution >= 4 is 46.5 Å². The van der Waals surface area contributed by atoms with Gasteiger partial charge in [-0.1, -0.05) is 23.2 Å². The van der Waals surface area contributed by atoms with E-state index in [0.717, 1.165) is 0 Å². The third-order valence-corrected chi connectivity index (χ3v) is 2.58. The third-order valence-electron chi connectivity index (χ3n) is 2.14. The van der Waals surface area contributed by atoms with E-state index in [4.69, 9.17) is 23.2 Å². The van der Waals surface area contributed by atoms with Gasteiger partial charge in [0.1, 0.15) is 0 Å². The highest BCUT2D eigenvalue weighted by Crippen LogP contribution is 2.22. The van der Waals surface area contributed by atoms with Gasteiger partial charge in [-0.05, 0) is 18.2 Å². The molecule has 0 spiro atoms. The molecule has 0 radical (unpaired) electrons. The zero-order valence-electron chi connectivity index (χ0n) is 10.8. The molecule has 1 N–H and O–H groups in total. The van der Waals surface area contributed by atoms with Gasteiger partial charge in [-0.15, -0.1) is 0 Å². The van der Waals surface area contributed by atoms with E-state index in [1.807, 2.05) is 0 Å². The van der Waals surface area contributed by atoms with Crippen LogP contribution in [-0.2, 0) is 19.1 Å². The van der Waals surface area contributed by atoms with Crippen molar-refractivity contribution in [1.82, 2.24) is 0 Å². The molecule has 6 nitrogen and oxygen atoms in total. The molecular weight excluding hydrogens is 307 g/mol. The molecule has 8 heteroatoms. The average molecular weight is 319 g/mol. The van der Waals surface area contributed by atoms with Crippen molar-refractivity contribution < 1.29 is 19.1 Å². The highest BCUT2D eigenvalue weighted by Gasteiger charge is 2.17. The number of hydrogen-bond donors (Lipinski definition) is 1. The van der Waals surface area contributed by atoms with Crippen molar-refractivity contribution in [3.63, 3.8) is 0 Å². The second-order valence-corrected chi connectivity index (χ2v) is 4.45. The zero-order chi connectivity index (χ0) is 15.1. The maximum Gasteiger partial charge on any atom is 0.354 e. The summed E-state index contributed by atoms with van der Waals surface area (Å²) in [7, 11) is 2.40. The number of ether oxygens (including phenoxy) is 2. The molecule has 0 heterocycles. The standard InChI is InChI=1S/C12H12Cl2N2O4/c1-19-11(17)6-10(12(18)20-2)16-15-9-4-7(13)3-8(14)5-9/h3-5,15H,6H2,1-2H3/b16-10-. The summed E-state index contributed by atoms with van der Waals surface area (Å²) < 4.78 is 8.99. The Morgan fingerprint density at radius 2 is 1.75 bits per heavy atom. The summed E-state index contributed by atoms with van der Waals surface area (Å²) in [5.41, 5.74) is 2.92. The molecule has 108 valence electrons. The lowest BCUT2D eigenvalue weighted by Gasteiger charge is -2.06. The van der Waals surface area contributed by atoms with Crippen molar-refractivity contribution in [1.29, 1.82) is 0 Å². The Hall–Kier alpha value is -1.79. The van der Waals surface area contributed by atoms with Gasteiger partial charge in [-0.3, -0.25) is 10.2 Å². The fourth-order valence-electron chi connectivity index (χ4n) is 1.23. The third kappa shape index (κ3) is 5.07. The molecule has 0 aliphatic carbocycles. The summed E-state index contributed by atoms with van der Waals surface area (Å²) in [6, 6.07) is 4.67. The number of nitrogens with one attached hydrogen (secondary N) is 1. The van der Waals surface area contributed by atoms with Gasteiger partial charge in [0.25, 0.3) is 0 Å². The van der Waals surface area contributed by atoms with Gasteiger partial charge in [0.2, 0.25) is 0 Å². The zero-order valence-corrected chi connectivity index (χ0v) is 12.3. The lowest BCUT2D eigenvalue weighted by atomic mass is 10.3. The van der Waals surface area contributed by atoms with Gasteiger partial charge < -0.3 is 9.47 Å². The number of benzene rings is 1. The van der Waals surface area contributed by atoms with Crippen LogP contribution in [0.5, 0.6) is 0 Å². The van der Waals surface area contributed by atoms with E-state index in [1.165, 1.54) is 14.2 Å². The summed E-state index contributed by atoms with van der Waals surface area (Å²) in [4.78, 5) is 22.6. The molecule has 0 fully saturated rings. The highest BCUT2D eigenvalue weighted by atomic mass is 35.5. The number of carbonyl (C=O) groups is 2. The minimum Gasteiger partial charge on any atom is -0.469 e. The molecule has 0 aliphatic rings. The molecule has 0 saturated carbocycles. The summed E-state index contributed by atoms with van der Waals surface area (Å²) >= 11 is 11.6. The number of carbonyl (C=O) groups excluding carboxylic acids is 2. The van der Waals surface area contributed by atoms with E-state index in [1.54, 1.807) is 18.2 Å². The van der Waals surface area contributed by atoms with E-state index >= 15 is 0 Å². The van der Waals surface area contributed by atoms with Gasteiger partial charge in [0.05, 0.1) is 26.3 Å². The second-order valence-electron chi connectivity index (χ2n) is 3.57. The predicted molar refractivity (Wildman–Crippen MR) is 76.2 cm³/mol. The molecule has 0 atom stereocenters. The van der Waals surface area contributed by atoms with Gasteiger partial charge in [-0.25, -0.2) is 4.79 Å². The molecule has 0 saturated heterocycles. The molecular formula is C12H12Cl2N2O4. The number of esters is 2. The lowest BCUT2D eigenvalue weighted by Crippen LogP contribution is -2.21. The maximum absolute atomic E-state index is 11.5. The van der Waals surface area contributed by atoms with Gasteiger partial charge in [0.15, 0.2) is 5.71 Å². The number of halogens is 2. The molecule has 1 rings (SSSR count). The largest absolute Gasteiger partial charge is 0.469 e. The predicted octanol–water partition coefficient (Wildman–Crippen LogP) is 2.50. The minimum atomic E-state index is -0.740. The normalized spacial score (nSPS) is 10.9. The fraction of sp³-hybridized carbons (Fsp3) is 0.250. The van der Waals surface area contributed by atoms with Gasteiger partial charge in [0, 0.05) is 10.0 Å². The van der Waals surface area contributed by atoms with E-state index in [2.05, 4.69) is 20.0 Å². The molecule has 0 unspecified atom stereocenters.